The van der Waals surface area contributed by atoms with Gasteiger partial charge in [0.25, 0.3) is 0 Å². The molecule has 2 saturated heterocycles. The molecule has 3 amide bonds. The number of anilines is 1. The van der Waals surface area contributed by atoms with E-state index in [9.17, 15) is 9.59 Å². The molecule has 0 radical (unpaired) electrons. The summed E-state index contributed by atoms with van der Waals surface area (Å²) in [4.78, 5) is 35.6. The zero-order valence-electron chi connectivity index (χ0n) is 18.4. The maximum atomic E-state index is 13.0. The molecular formula is C23H29N5O4. The molecule has 2 aliphatic heterocycles. The van der Waals surface area contributed by atoms with Crippen LogP contribution in [0.3, 0.4) is 0 Å². The zero-order chi connectivity index (χ0) is 22.1. The van der Waals surface area contributed by atoms with Crippen LogP contribution in [0.2, 0.25) is 0 Å². The number of nitrogens with zero attached hydrogens (tertiary/aromatic N) is 5. The van der Waals surface area contributed by atoms with Crippen LogP contribution in [0.4, 0.5) is 10.5 Å². The van der Waals surface area contributed by atoms with Crippen LogP contribution in [0, 0.1) is 5.92 Å². The molecule has 9 nitrogen and oxygen atoms in total. The molecule has 1 saturated carbocycles. The van der Waals surface area contributed by atoms with E-state index in [0.29, 0.717) is 43.8 Å². The fourth-order valence-electron chi connectivity index (χ4n) is 4.56. The first-order valence-electron chi connectivity index (χ1n) is 11.4. The monoisotopic (exact) mass is 439 g/mol. The van der Waals surface area contributed by atoms with E-state index in [0.717, 1.165) is 49.5 Å². The highest BCUT2D eigenvalue weighted by Crippen LogP contribution is 2.38. The molecule has 3 fully saturated rings. The van der Waals surface area contributed by atoms with Gasteiger partial charge in [-0.2, -0.15) is 4.98 Å². The molecular weight excluding hydrogens is 410 g/mol. The Morgan fingerprint density at radius 2 is 1.97 bits per heavy atom. The first kappa shape index (κ1) is 20.8. The number of urea groups is 1. The van der Waals surface area contributed by atoms with E-state index in [1.54, 1.807) is 16.9 Å². The third-order valence-corrected chi connectivity index (χ3v) is 6.57. The minimum atomic E-state index is -0.129. The van der Waals surface area contributed by atoms with E-state index in [1.807, 2.05) is 29.2 Å². The molecule has 1 atom stereocenters. The number of amides is 3. The summed E-state index contributed by atoms with van der Waals surface area (Å²) in [7, 11) is 1.61. The summed E-state index contributed by atoms with van der Waals surface area (Å²) >= 11 is 0. The van der Waals surface area contributed by atoms with Crippen molar-refractivity contribution in [2.75, 3.05) is 44.7 Å². The van der Waals surface area contributed by atoms with E-state index in [1.165, 1.54) is 0 Å². The molecule has 5 rings (SSSR count). The number of piperidine rings is 1. The quantitative estimate of drug-likeness (QED) is 0.659. The summed E-state index contributed by atoms with van der Waals surface area (Å²) in [5.74, 6) is 3.05. The predicted octanol–water partition coefficient (Wildman–Crippen LogP) is 2.68. The van der Waals surface area contributed by atoms with Gasteiger partial charge >= 0.3 is 6.03 Å². The lowest BCUT2D eigenvalue weighted by Crippen LogP contribution is -2.46. The van der Waals surface area contributed by atoms with Crippen molar-refractivity contribution in [1.29, 1.82) is 0 Å². The molecule has 32 heavy (non-hydrogen) atoms. The third kappa shape index (κ3) is 4.42. The lowest BCUT2D eigenvalue weighted by Gasteiger charge is -2.33. The number of hydrogen-bond acceptors (Lipinski definition) is 6. The van der Waals surface area contributed by atoms with Gasteiger partial charge in [-0.05, 0) is 55.9 Å². The Morgan fingerprint density at radius 1 is 1.16 bits per heavy atom. The molecule has 1 aromatic heterocycles. The standard InChI is InChI=1S/C23H29N5O4/c1-31-19-8-6-18(7-9-19)28-12-11-27(23(28)30)15-21(29)26-10-2-3-16(14-26)13-20-24-22(25-32-20)17-4-5-17/h6-9,16-17H,2-5,10-15H2,1H3. The minimum Gasteiger partial charge on any atom is -0.497 e. The van der Waals surface area contributed by atoms with Gasteiger partial charge < -0.3 is 19.1 Å². The van der Waals surface area contributed by atoms with Crippen LogP contribution in [0.1, 0.15) is 43.3 Å². The fraction of sp³-hybridized carbons (Fsp3) is 0.565. The Hall–Kier alpha value is -3.10. The maximum absolute atomic E-state index is 13.0. The Morgan fingerprint density at radius 3 is 2.72 bits per heavy atom. The van der Waals surface area contributed by atoms with Gasteiger partial charge in [0.15, 0.2) is 5.82 Å². The summed E-state index contributed by atoms with van der Waals surface area (Å²) in [5, 5.41) is 4.09. The number of aromatic nitrogens is 2. The van der Waals surface area contributed by atoms with Crippen LogP contribution in [-0.4, -0.2) is 71.7 Å². The van der Waals surface area contributed by atoms with Crippen LogP contribution in [0.25, 0.3) is 0 Å². The SMILES string of the molecule is COc1ccc(N2CCN(CC(=O)N3CCCC(Cc4nc(C5CC5)no4)C3)C2=O)cc1. The maximum Gasteiger partial charge on any atom is 0.325 e. The van der Waals surface area contributed by atoms with Crippen molar-refractivity contribution in [3.63, 3.8) is 0 Å². The van der Waals surface area contributed by atoms with Crippen molar-refractivity contribution in [2.24, 2.45) is 5.92 Å². The number of benzene rings is 1. The zero-order valence-corrected chi connectivity index (χ0v) is 18.4. The van der Waals surface area contributed by atoms with Gasteiger partial charge in [0, 0.05) is 44.2 Å². The summed E-state index contributed by atoms with van der Waals surface area (Å²) < 4.78 is 10.6. The molecule has 0 spiro atoms. The van der Waals surface area contributed by atoms with Crippen molar-refractivity contribution in [3.8, 4) is 5.75 Å². The molecule has 3 aliphatic rings. The van der Waals surface area contributed by atoms with Gasteiger partial charge in [0.2, 0.25) is 11.8 Å². The summed E-state index contributed by atoms with van der Waals surface area (Å²) in [6, 6.07) is 7.27. The average molecular weight is 440 g/mol. The summed E-state index contributed by atoms with van der Waals surface area (Å²) in [5.41, 5.74) is 0.814. The second-order valence-corrected chi connectivity index (χ2v) is 8.93. The number of hydrogen-bond donors (Lipinski definition) is 0. The van der Waals surface area contributed by atoms with E-state index >= 15 is 0 Å². The molecule has 2 aromatic rings. The summed E-state index contributed by atoms with van der Waals surface area (Å²) in [6.07, 6.45) is 4.99. The number of likely N-dealkylation sites (tertiary alicyclic amines) is 1. The third-order valence-electron chi connectivity index (χ3n) is 6.57. The fourth-order valence-corrected chi connectivity index (χ4v) is 4.56. The average Bonchev–Trinajstić information content (AvgIpc) is 3.47. The van der Waals surface area contributed by atoms with Crippen LogP contribution in [-0.2, 0) is 11.2 Å². The van der Waals surface area contributed by atoms with Crippen molar-refractivity contribution in [2.45, 2.75) is 38.0 Å². The minimum absolute atomic E-state index is 0.00355. The van der Waals surface area contributed by atoms with Gasteiger partial charge in [-0.25, -0.2) is 4.79 Å². The Bertz CT molecular complexity index is 971. The van der Waals surface area contributed by atoms with Gasteiger partial charge in [-0.1, -0.05) is 5.16 Å². The lowest BCUT2D eigenvalue weighted by molar-refractivity contribution is -0.133. The van der Waals surface area contributed by atoms with Crippen molar-refractivity contribution in [1.82, 2.24) is 19.9 Å². The first-order chi connectivity index (χ1) is 15.6. The molecule has 1 unspecified atom stereocenters. The van der Waals surface area contributed by atoms with Gasteiger partial charge in [0.05, 0.1) is 7.11 Å². The number of ether oxygens (including phenoxy) is 1. The van der Waals surface area contributed by atoms with Crippen molar-refractivity contribution >= 4 is 17.6 Å². The van der Waals surface area contributed by atoms with Crippen LogP contribution < -0.4 is 9.64 Å². The summed E-state index contributed by atoms with van der Waals surface area (Å²) in [6.45, 7) is 2.63. The molecule has 1 aromatic carbocycles. The smallest absolute Gasteiger partial charge is 0.325 e. The molecule has 3 heterocycles. The van der Waals surface area contributed by atoms with Crippen LogP contribution in [0.5, 0.6) is 5.75 Å². The molecule has 170 valence electrons. The van der Waals surface area contributed by atoms with E-state index in [-0.39, 0.29) is 18.5 Å². The topological polar surface area (TPSA) is 92.0 Å². The Labute approximate surface area is 187 Å². The van der Waals surface area contributed by atoms with Crippen molar-refractivity contribution < 1.29 is 18.8 Å². The normalized spacial score (nSPS) is 21.3. The molecule has 1 aliphatic carbocycles. The second-order valence-electron chi connectivity index (χ2n) is 8.93. The Balaban J connectivity index is 1.14. The highest BCUT2D eigenvalue weighted by molar-refractivity contribution is 5.96. The van der Waals surface area contributed by atoms with Gasteiger partial charge in [0.1, 0.15) is 12.3 Å². The molecule has 9 heteroatoms. The van der Waals surface area contributed by atoms with Crippen LogP contribution in [0.15, 0.2) is 28.8 Å². The first-order valence-corrected chi connectivity index (χ1v) is 11.4. The van der Waals surface area contributed by atoms with Crippen LogP contribution >= 0.6 is 0 Å². The molecule has 0 N–H and O–H groups in total. The lowest BCUT2D eigenvalue weighted by atomic mass is 9.94. The van der Waals surface area contributed by atoms with E-state index in [2.05, 4.69) is 10.1 Å². The Kier molecular flexibility index (Phi) is 5.71. The number of rotatable bonds is 7. The number of carbonyl (C=O) groups excluding carboxylic acids is 2. The largest absolute Gasteiger partial charge is 0.497 e. The number of methoxy groups -OCH3 is 1. The predicted molar refractivity (Wildman–Crippen MR) is 117 cm³/mol. The molecule has 0 bridgehead atoms. The van der Waals surface area contributed by atoms with E-state index < -0.39 is 0 Å². The highest BCUT2D eigenvalue weighted by atomic mass is 16.5. The van der Waals surface area contributed by atoms with Gasteiger partial charge in [-0.15, -0.1) is 0 Å². The highest BCUT2D eigenvalue weighted by Gasteiger charge is 2.34. The second kappa shape index (κ2) is 8.80. The van der Waals surface area contributed by atoms with Gasteiger partial charge in [-0.3, -0.25) is 9.69 Å². The van der Waals surface area contributed by atoms with E-state index in [4.69, 9.17) is 9.26 Å². The number of carbonyl (C=O) groups is 2. The van der Waals surface area contributed by atoms with Crippen molar-refractivity contribution in [3.05, 3.63) is 36.0 Å².